The van der Waals surface area contributed by atoms with Crippen LogP contribution in [-0.2, 0) is 14.3 Å². The monoisotopic (exact) mass is 358 g/mol. The van der Waals surface area contributed by atoms with Crippen LogP contribution >= 0.6 is 23.4 Å². The Morgan fingerprint density at radius 3 is 2.57 bits per heavy atom. The maximum atomic E-state index is 12.3. The summed E-state index contributed by atoms with van der Waals surface area (Å²) in [7, 11) is 0. The Kier molecular flexibility index (Phi) is 7.91. The molecule has 126 valence electrons. The van der Waals surface area contributed by atoms with Gasteiger partial charge in [-0.25, -0.2) is 4.79 Å². The van der Waals surface area contributed by atoms with Crippen molar-refractivity contribution >= 4 is 41.1 Å². The summed E-state index contributed by atoms with van der Waals surface area (Å²) in [5, 5.41) is 2.87. The smallest absolute Gasteiger partial charge is 0.329 e. The second kappa shape index (κ2) is 9.42. The van der Waals surface area contributed by atoms with Crippen LogP contribution in [-0.4, -0.2) is 41.9 Å². The van der Waals surface area contributed by atoms with Crippen LogP contribution in [0.3, 0.4) is 0 Å². The van der Waals surface area contributed by atoms with Crippen LogP contribution in [0.5, 0.6) is 0 Å². The lowest BCUT2D eigenvalue weighted by Gasteiger charge is -2.19. The summed E-state index contributed by atoms with van der Waals surface area (Å²) in [4.78, 5) is 35.4. The number of ether oxygens (including phenoxy) is 1. The second-order valence-corrected chi connectivity index (χ2v) is 6.16. The van der Waals surface area contributed by atoms with Gasteiger partial charge >= 0.3 is 5.97 Å². The standard InChI is InChI=1S/C15H19ClN2O4S/c1-9(13(17)19)22-15(21)12(7-8-23-2)18-14(20)10-5-3-4-6-11(10)16/h3-6,9,12H,7-8H2,1-2H3,(H2,17,19)(H,18,20)/t9-,12-/m0/s1. The number of thioether (sulfide) groups is 1. The molecule has 3 N–H and O–H groups in total. The van der Waals surface area contributed by atoms with E-state index in [1.165, 1.54) is 18.7 Å². The van der Waals surface area contributed by atoms with E-state index in [4.69, 9.17) is 22.1 Å². The third kappa shape index (κ3) is 6.11. The Labute approximate surface area is 144 Å². The average Bonchev–Trinajstić information content (AvgIpc) is 2.51. The number of halogens is 1. The van der Waals surface area contributed by atoms with Gasteiger partial charge < -0.3 is 15.8 Å². The first-order valence-electron chi connectivity index (χ1n) is 6.91. The number of esters is 1. The van der Waals surface area contributed by atoms with Crippen molar-refractivity contribution in [1.82, 2.24) is 5.32 Å². The Hall–Kier alpha value is -1.73. The summed E-state index contributed by atoms with van der Waals surface area (Å²) >= 11 is 7.49. The molecule has 0 heterocycles. The van der Waals surface area contributed by atoms with Crippen molar-refractivity contribution in [2.45, 2.75) is 25.5 Å². The Balaban J connectivity index is 2.81. The number of rotatable bonds is 8. The molecule has 0 fully saturated rings. The molecule has 1 aromatic carbocycles. The van der Waals surface area contributed by atoms with E-state index in [1.54, 1.807) is 24.3 Å². The minimum atomic E-state index is -1.06. The largest absolute Gasteiger partial charge is 0.451 e. The van der Waals surface area contributed by atoms with Gasteiger partial charge in [0.15, 0.2) is 6.10 Å². The fourth-order valence-electron chi connectivity index (χ4n) is 1.68. The van der Waals surface area contributed by atoms with Crippen molar-refractivity contribution in [2.24, 2.45) is 5.73 Å². The highest BCUT2D eigenvalue weighted by Crippen LogP contribution is 2.15. The van der Waals surface area contributed by atoms with Gasteiger partial charge in [0.05, 0.1) is 10.6 Å². The molecular formula is C15H19ClN2O4S. The van der Waals surface area contributed by atoms with E-state index in [0.717, 1.165) is 0 Å². The SMILES string of the molecule is CSCC[C@H](NC(=O)c1ccccc1Cl)C(=O)O[C@@H](C)C(N)=O. The van der Waals surface area contributed by atoms with E-state index < -0.39 is 29.9 Å². The molecule has 0 aliphatic carbocycles. The number of nitrogens with one attached hydrogen (secondary N) is 1. The quantitative estimate of drug-likeness (QED) is 0.688. The predicted molar refractivity (Wildman–Crippen MR) is 90.5 cm³/mol. The zero-order valence-corrected chi connectivity index (χ0v) is 14.4. The van der Waals surface area contributed by atoms with Gasteiger partial charge in [0.2, 0.25) is 0 Å². The predicted octanol–water partition coefficient (Wildman–Crippen LogP) is 1.61. The minimum Gasteiger partial charge on any atom is -0.451 e. The van der Waals surface area contributed by atoms with Crippen LogP contribution in [0.1, 0.15) is 23.7 Å². The fourth-order valence-corrected chi connectivity index (χ4v) is 2.37. The molecule has 1 aromatic rings. The summed E-state index contributed by atoms with van der Waals surface area (Å²) in [5.74, 6) is -1.30. The number of amides is 2. The summed E-state index contributed by atoms with van der Waals surface area (Å²) in [6.07, 6.45) is 1.18. The lowest BCUT2D eigenvalue weighted by atomic mass is 10.1. The first-order valence-corrected chi connectivity index (χ1v) is 8.68. The topological polar surface area (TPSA) is 98.5 Å². The van der Waals surface area contributed by atoms with Crippen molar-refractivity contribution in [3.63, 3.8) is 0 Å². The number of nitrogens with two attached hydrogens (primary N) is 1. The fraction of sp³-hybridized carbons (Fsp3) is 0.400. The number of hydrogen-bond acceptors (Lipinski definition) is 5. The van der Waals surface area contributed by atoms with Gasteiger partial charge in [0.1, 0.15) is 6.04 Å². The van der Waals surface area contributed by atoms with Crippen molar-refractivity contribution in [3.8, 4) is 0 Å². The van der Waals surface area contributed by atoms with E-state index in [9.17, 15) is 14.4 Å². The minimum absolute atomic E-state index is 0.263. The molecule has 0 aliphatic rings. The molecule has 0 saturated carbocycles. The number of carbonyl (C=O) groups is 3. The number of carbonyl (C=O) groups excluding carboxylic acids is 3. The molecule has 0 bridgehead atoms. The average molecular weight is 359 g/mol. The highest BCUT2D eigenvalue weighted by Gasteiger charge is 2.26. The second-order valence-electron chi connectivity index (χ2n) is 4.77. The van der Waals surface area contributed by atoms with Crippen molar-refractivity contribution < 1.29 is 19.1 Å². The lowest BCUT2D eigenvalue weighted by Crippen LogP contribution is -2.44. The summed E-state index contributed by atoms with van der Waals surface area (Å²) in [6, 6.07) is 5.63. The molecular weight excluding hydrogens is 340 g/mol. The highest BCUT2D eigenvalue weighted by atomic mass is 35.5. The Morgan fingerprint density at radius 1 is 1.35 bits per heavy atom. The molecule has 0 saturated heterocycles. The molecule has 0 aliphatic heterocycles. The van der Waals surface area contributed by atoms with Crippen LogP contribution in [0.25, 0.3) is 0 Å². The number of primary amides is 1. The molecule has 0 unspecified atom stereocenters. The zero-order chi connectivity index (χ0) is 17.4. The normalized spacial score (nSPS) is 13.0. The van der Waals surface area contributed by atoms with Crippen molar-refractivity contribution in [2.75, 3.05) is 12.0 Å². The number of benzene rings is 1. The molecule has 2 atom stereocenters. The van der Waals surface area contributed by atoms with E-state index in [1.807, 2.05) is 6.26 Å². The molecule has 2 amide bonds. The van der Waals surface area contributed by atoms with E-state index in [-0.39, 0.29) is 10.6 Å². The lowest BCUT2D eigenvalue weighted by molar-refractivity contribution is -0.155. The van der Waals surface area contributed by atoms with Gasteiger partial charge in [-0.3, -0.25) is 9.59 Å². The number of hydrogen-bond donors (Lipinski definition) is 2. The summed E-state index contributed by atoms with van der Waals surface area (Å²) < 4.78 is 4.97. The molecule has 1 rings (SSSR count). The molecule has 6 nitrogen and oxygen atoms in total. The first-order chi connectivity index (χ1) is 10.9. The van der Waals surface area contributed by atoms with Gasteiger partial charge in [-0.15, -0.1) is 0 Å². The van der Waals surface area contributed by atoms with E-state index in [2.05, 4.69) is 5.32 Å². The zero-order valence-electron chi connectivity index (χ0n) is 12.9. The first kappa shape index (κ1) is 19.3. The molecule has 0 spiro atoms. The highest BCUT2D eigenvalue weighted by molar-refractivity contribution is 7.98. The third-order valence-corrected chi connectivity index (χ3v) is 3.99. The summed E-state index contributed by atoms with van der Waals surface area (Å²) in [6.45, 7) is 1.38. The Morgan fingerprint density at radius 2 is 2.00 bits per heavy atom. The van der Waals surface area contributed by atoms with Gasteiger partial charge in [0, 0.05) is 0 Å². The van der Waals surface area contributed by atoms with Crippen LogP contribution in [0.15, 0.2) is 24.3 Å². The maximum absolute atomic E-state index is 12.3. The maximum Gasteiger partial charge on any atom is 0.329 e. The van der Waals surface area contributed by atoms with E-state index in [0.29, 0.717) is 12.2 Å². The van der Waals surface area contributed by atoms with Crippen molar-refractivity contribution in [3.05, 3.63) is 34.9 Å². The molecule has 0 aromatic heterocycles. The molecule has 8 heteroatoms. The third-order valence-electron chi connectivity index (χ3n) is 3.01. The van der Waals surface area contributed by atoms with Crippen molar-refractivity contribution in [1.29, 1.82) is 0 Å². The van der Waals surface area contributed by atoms with E-state index >= 15 is 0 Å². The Bertz CT molecular complexity index is 582. The van der Waals surface area contributed by atoms with Gasteiger partial charge in [-0.1, -0.05) is 23.7 Å². The van der Waals surface area contributed by atoms with Gasteiger partial charge in [-0.05, 0) is 37.5 Å². The van der Waals surface area contributed by atoms with Crippen LogP contribution in [0.2, 0.25) is 5.02 Å². The van der Waals surface area contributed by atoms with Gasteiger partial charge in [-0.2, -0.15) is 11.8 Å². The van der Waals surface area contributed by atoms with Gasteiger partial charge in [0.25, 0.3) is 11.8 Å². The van der Waals surface area contributed by atoms with Crippen LogP contribution in [0, 0.1) is 0 Å². The molecule has 23 heavy (non-hydrogen) atoms. The molecule has 0 radical (unpaired) electrons. The van der Waals surface area contributed by atoms with Crippen LogP contribution < -0.4 is 11.1 Å². The van der Waals surface area contributed by atoms with Crippen LogP contribution in [0.4, 0.5) is 0 Å². The summed E-state index contributed by atoms with van der Waals surface area (Å²) in [5.41, 5.74) is 5.33.